The van der Waals surface area contributed by atoms with Crippen LogP contribution in [0.3, 0.4) is 0 Å². The fourth-order valence-corrected chi connectivity index (χ4v) is 3.39. The van der Waals surface area contributed by atoms with Gasteiger partial charge in [0.05, 0.1) is 20.6 Å². The lowest BCUT2D eigenvalue weighted by Gasteiger charge is -2.20. The largest absolute Gasteiger partial charge is 0.484 e. The lowest BCUT2D eigenvalue weighted by atomic mass is 10.1. The van der Waals surface area contributed by atoms with Crippen LogP contribution >= 0.6 is 11.3 Å². The smallest absolute Gasteiger partial charge is 0.138 e. The van der Waals surface area contributed by atoms with Gasteiger partial charge in [-0.2, -0.15) is 0 Å². The number of rotatable bonds is 6. The molecule has 0 saturated carbocycles. The van der Waals surface area contributed by atoms with E-state index in [1.54, 1.807) is 11.3 Å². The molecule has 0 amide bonds. The Morgan fingerprint density at radius 2 is 1.82 bits per heavy atom. The molecule has 0 unspecified atom stereocenters. The predicted octanol–water partition coefficient (Wildman–Crippen LogP) is 3.56. The van der Waals surface area contributed by atoms with Crippen LogP contribution in [0.15, 0.2) is 60.0 Å². The Morgan fingerprint density at radius 1 is 1.00 bits per heavy atom. The molecule has 3 heteroatoms. The summed E-state index contributed by atoms with van der Waals surface area (Å²) in [7, 11) is 4.37. The van der Waals surface area contributed by atoms with Gasteiger partial charge in [-0.3, -0.25) is 0 Å². The van der Waals surface area contributed by atoms with Gasteiger partial charge >= 0.3 is 0 Å². The molecule has 2 aromatic carbocycles. The molecule has 0 radical (unpaired) electrons. The summed E-state index contributed by atoms with van der Waals surface area (Å²) >= 11 is 1.77. The zero-order valence-corrected chi connectivity index (χ0v) is 13.9. The van der Waals surface area contributed by atoms with E-state index in [4.69, 9.17) is 4.74 Å². The molecule has 0 spiro atoms. The highest BCUT2D eigenvalue weighted by atomic mass is 32.1. The van der Waals surface area contributed by atoms with E-state index >= 15 is 0 Å². The van der Waals surface area contributed by atoms with Gasteiger partial charge in [0.25, 0.3) is 0 Å². The van der Waals surface area contributed by atoms with E-state index in [0.29, 0.717) is 0 Å². The highest BCUT2D eigenvalue weighted by molar-refractivity contribution is 7.10. The Bertz CT molecular complexity index is 716. The molecule has 0 aliphatic heterocycles. The zero-order chi connectivity index (χ0) is 15.4. The fourth-order valence-electron chi connectivity index (χ4n) is 2.61. The first-order valence-electron chi connectivity index (χ1n) is 7.71. The van der Waals surface area contributed by atoms with E-state index in [-0.39, 0.29) is 6.10 Å². The average Bonchev–Trinajstić information content (AvgIpc) is 3.05. The molecular formula is C19H22NOS+. The van der Waals surface area contributed by atoms with Crippen LogP contribution in [0.1, 0.15) is 17.4 Å². The maximum absolute atomic E-state index is 6.42. The topological polar surface area (TPSA) is 13.7 Å². The van der Waals surface area contributed by atoms with Crippen molar-refractivity contribution in [3.05, 3.63) is 64.9 Å². The number of quaternary nitrogens is 1. The second-order valence-electron chi connectivity index (χ2n) is 5.84. The van der Waals surface area contributed by atoms with Crippen molar-refractivity contribution >= 4 is 22.1 Å². The third-order valence-electron chi connectivity index (χ3n) is 3.79. The van der Waals surface area contributed by atoms with Gasteiger partial charge in [-0.25, -0.2) is 0 Å². The van der Waals surface area contributed by atoms with Crippen LogP contribution in [0.25, 0.3) is 10.8 Å². The van der Waals surface area contributed by atoms with Gasteiger partial charge in [0.15, 0.2) is 0 Å². The van der Waals surface area contributed by atoms with Crippen molar-refractivity contribution in [3.63, 3.8) is 0 Å². The number of hydrogen-bond donors (Lipinski definition) is 1. The molecular weight excluding hydrogens is 290 g/mol. The highest BCUT2D eigenvalue weighted by Crippen LogP contribution is 2.32. The monoisotopic (exact) mass is 312 g/mol. The average molecular weight is 312 g/mol. The zero-order valence-electron chi connectivity index (χ0n) is 13.1. The van der Waals surface area contributed by atoms with Crippen LogP contribution in [0.4, 0.5) is 0 Å². The Kier molecular flexibility index (Phi) is 4.76. The number of ether oxygens (including phenoxy) is 1. The van der Waals surface area contributed by atoms with E-state index in [1.807, 2.05) is 0 Å². The fraction of sp³-hybridized carbons (Fsp3) is 0.263. The van der Waals surface area contributed by atoms with Crippen molar-refractivity contribution in [3.8, 4) is 5.75 Å². The second kappa shape index (κ2) is 6.95. The molecule has 1 heterocycles. The highest BCUT2D eigenvalue weighted by Gasteiger charge is 2.17. The molecule has 1 N–H and O–H groups in total. The normalized spacial score (nSPS) is 12.7. The summed E-state index contributed by atoms with van der Waals surface area (Å²) < 4.78 is 6.42. The first-order chi connectivity index (χ1) is 10.7. The Labute approximate surface area is 136 Å². The predicted molar refractivity (Wildman–Crippen MR) is 93.9 cm³/mol. The van der Waals surface area contributed by atoms with Crippen LogP contribution in [0.5, 0.6) is 5.75 Å². The Morgan fingerprint density at radius 3 is 2.59 bits per heavy atom. The number of hydrogen-bond acceptors (Lipinski definition) is 2. The van der Waals surface area contributed by atoms with Gasteiger partial charge in [0, 0.05) is 16.7 Å². The standard InChI is InChI=1S/C19H21NOS/c1-20(2)13-12-18(19-11-6-14-22-19)21-17-10-5-8-15-7-3-4-9-16(15)17/h3-11,14,18H,12-13H2,1-2H3/p+1/t18-/m1/s1. The number of nitrogens with one attached hydrogen (secondary N) is 1. The Balaban J connectivity index is 1.88. The van der Waals surface area contributed by atoms with Crippen LogP contribution in [0.2, 0.25) is 0 Å². The molecule has 2 nitrogen and oxygen atoms in total. The second-order valence-corrected chi connectivity index (χ2v) is 6.82. The molecule has 22 heavy (non-hydrogen) atoms. The van der Waals surface area contributed by atoms with Gasteiger partial charge in [0.1, 0.15) is 11.9 Å². The summed E-state index contributed by atoms with van der Waals surface area (Å²) in [6.45, 7) is 1.09. The number of fused-ring (bicyclic) bond motifs is 1. The number of benzene rings is 2. The molecule has 3 rings (SSSR count). The molecule has 0 saturated heterocycles. The molecule has 114 valence electrons. The molecule has 0 aliphatic rings. The molecule has 0 aliphatic carbocycles. The first kappa shape index (κ1) is 15.1. The lowest BCUT2D eigenvalue weighted by Crippen LogP contribution is -3.05. The van der Waals surface area contributed by atoms with Gasteiger partial charge in [0.2, 0.25) is 0 Å². The Hall–Kier alpha value is -1.84. The SMILES string of the molecule is C[NH+](C)CC[C@@H](Oc1cccc2ccccc12)c1cccs1. The van der Waals surface area contributed by atoms with E-state index < -0.39 is 0 Å². The number of thiophene rings is 1. The summed E-state index contributed by atoms with van der Waals surface area (Å²) in [4.78, 5) is 2.75. The van der Waals surface area contributed by atoms with Crippen molar-refractivity contribution < 1.29 is 9.64 Å². The third-order valence-corrected chi connectivity index (χ3v) is 4.75. The molecule has 0 fully saturated rings. The maximum atomic E-state index is 6.42. The summed E-state index contributed by atoms with van der Waals surface area (Å²) in [6.07, 6.45) is 1.15. The van der Waals surface area contributed by atoms with E-state index in [9.17, 15) is 0 Å². The van der Waals surface area contributed by atoms with E-state index in [1.165, 1.54) is 20.5 Å². The minimum absolute atomic E-state index is 0.126. The van der Waals surface area contributed by atoms with Gasteiger partial charge in [-0.15, -0.1) is 11.3 Å². The van der Waals surface area contributed by atoms with Crippen molar-refractivity contribution in [1.82, 2.24) is 0 Å². The van der Waals surface area contributed by atoms with Gasteiger partial charge in [-0.05, 0) is 22.9 Å². The molecule has 0 bridgehead atoms. The van der Waals surface area contributed by atoms with Crippen LogP contribution in [0, 0.1) is 0 Å². The van der Waals surface area contributed by atoms with E-state index in [0.717, 1.165) is 18.7 Å². The van der Waals surface area contributed by atoms with Crippen molar-refractivity contribution in [1.29, 1.82) is 0 Å². The molecule has 3 aromatic rings. The maximum Gasteiger partial charge on any atom is 0.138 e. The quantitative estimate of drug-likeness (QED) is 0.735. The lowest BCUT2D eigenvalue weighted by molar-refractivity contribution is -0.858. The van der Waals surface area contributed by atoms with Crippen LogP contribution in [-0.4, -0.2) is 20.6 Å². The van der Waals surface area contributed by atoms with Crippen molar-refractivity contribution in [2.45, 2.75) is 12.5 Å². The van der Waals surface area contributed by atoms with Gasteiger partial charge in [-0.1, -0.05) is 42.5 Å². The van der Waals surface area contributed by atoms with E-state index in [2.05, 4.69) is 74.1 Å². The van der Waals surface area contributed by atoms with Gasteiger partial charge < -0.3 is 9.64 Å². The van der Waals surface area contributed by atoms with Crippen LogP contribution < -0.4 is 9.64 Å². The summed E-state index contributed by atoms with van der Waals surface area (Å²) in [5.74, 6) is 0.977. The summed E-state index contributed by atoms with van der Waals surface area (Å²) in [5.41, 5.74) is 0. The minimum atomic E-state index is 0.126. The van der Waals surface area contributed by atoms with Crippen molar-refractivity contribution in [2.75, 3.05) is 20.6 Å². The van der Waals surface area contributed by atoms with Crippen molar-refractivity contribution in [2.24, 2.45) is 0 Å². The first-order valence-corrected chi connectivity index (χ1v) is 8.59. The summed E-state index contributed by atoms with van der Waals surface area (Å²) in [6, 6.07) is 18.9. The molecule has 1 aromatic heterocycles. The van der Waals surface area contributed by atoms with Crippen LogP contribution in [-0.2, 0) is 0 Å². The third kappa shape index (κ3) is 3.49. The summed E-state index contributed by atoms with van der Waals surface area (Å²) in [5, 5.41) is 4.53. The minimum Gasteiger partial charge on any atom is -0.484 e. The molecule has 1 atom stereocenters.